The first-order valence-electron chi connectivity index (χ1n) is 24.8. The second-order valence-electron chi connectivity index (χ2n) is 17.6. The van der Waals surface area contributed by atoms with Gasteiger partial charge < -0.3 is 64.2 Å². The van der Waals surface area contributed by atoms with Crippen molar-refractivity contribution in [1.29, 1.82) is 0 Å². The minimum Gasteiger partial charge on any atom is -0.457 e. The molecule has 0 aromatic heterocycles. The number of aliphatic hydroxyl groups is 7. The summed E-state index contributed by atoms with van der Waals surface area (Å²) in [7, 11) is 0. The Bertz CT molecular complexity index is 1080. The molecule has 2 saturated heterocycles. The lowest BCUT2D eigenvalue weighted by atomic mass is 9.98. The summed E-state index contributed by atoms with van der Waals surface area (Å²) in [5, 5.41) is 71.8. The lowest BCUT2D eigenvalue weighted by molar-refractivity contribution is -0.332. The molecule has 0 saturated carbocycles. The van der Waals surface area contributed by atoms with Crippen LogP contribution < -0.4 is 0 Å². The normalized spacial score (nSPS) is 27.2. The average Bonchev–Trinajstić information content (AvgIpc) is 3.27. The molecule has 0 aromatic rings. The molecule has 11 unspecified atom stereocenters. The Hall–Kier alpha value is -1.27. The van der Waals surface area contributed by atoms with Crippen LogP contribution in [0, 0.1) is 0 Å². The van der Waals surface area contributed by atoms with Gasteiger partial charge in [-0.3, -0.25) is 4.79 Å². The van der Waals surface area contributed by atoms with Gasteiger partial charge in [-0.25, -0.2) is 0 Å². The van der Waals surface area contributed by atoms with Crippen LogP contribution in [0.3, 0.4) is 0 Å². The fourth-order valence-electron chi connectivity index (χ4n) is 7.93. The van der Waals surface area contributed by atoms with Crippen molar-refractivity contribution in [1.82, 2.24) is 0 Å². The number of carbonyl (C=O) groups is 1. The van der Waals surface area contributed by atoms with Gasteiger partial charge in [0.15, 0.2) is 12.6 Å². The molecule has 2 aliphatic heterocycles. The van der Waals surface area contributed by atoms with E-state index in [4.69, 9.17) is 28.4 Å². The van der Waals surface area contributed by atoms with Crippen molar-refractivity contribution >= 4 is 5.97 Å². The summed E-state index contributed by atoms with van der Waals surface area (Å²) >= 11 is 0. The largest absolute Gasteiger partial charge is 0.457 e. The quantitative estimate of drug-likeness (QED) is 0.0195. The zero-order valence-electron chi connectivity index (χ0n) is 38.6. The van der Waals surface area contributed by atoms with Crippen LogP contribution in [0.2, 0.25) is 0 Å². The summed E-state index contributed by atoms with van der Waals surface area (Å²) in [6.07, 6.45) is 20.4. The van der Waals surface area contributed by atoms with Crippen LogP contribution in [0.1, 0.15) is 187 Å². The summed E-state index contributed by atoms with van der Waals surface area (Å²) < 4.78 is 34.1. The highest BCUT2D eigenvalue weighted by molar-refractivity contribution is 5.69. The predicted octanol–water partition coefficient (Wildman–Crippen LogP) is 6.68. The van der Waals surface area contributed by atoms with Crippen LogP contribution in [0.4, 0.5) is 0 Å². The van der Waals surface area contributed by atoms with E-state index in [2.05, 4.69) is 26.0 Å². The van der Waals surface area contributed by atoms with Gasteiger partial charge in [-0.1, -0.05) is 154 Å². The number of aliphatic hydroxyl groups excluding tert-OH is 7. The molecule has 2 fully saturated rings. The number of ether oxygens (including phenoxy) is 6. The van der Waals surface area contributed by atoms with Crippen LogP contribution >= 0.6 is 0 Å². The van der Waals surface area contributed by atoms with E-state index in [1.807, 2.05) is 0 Å². The zero-order chi connectivity index (χ0) is 45.2. The van der Waals surface area contributed by atoms with Crippen molar-refractivity contribution in [2.45, 2.75) is 255 Å². The Kier molecular flexibility index (Phi) is 33.8. The van der Waals surface area contributed by atoms with Crippen LogP contribution in [0.25, 0.3) is 0 Å². The molecule has 0 aliphatic carbocycles. The van der Waals surface area contributed by atoms with E-state index in [9.17, 15) is 40.5 Å². The molecule has 0 spiro atoms. The zero-order valence-corrected chi connectivity index (χ0v) is 38.6. The van der Waals surface area contributed by atoms with Gasteiger partial charge in [0.1, 0.15) is 54.9 Å². The van der Waals surface area contributed by atoms with E-state index in [1.54, 1.807) is 0 Å². The Morgan fingerprint density at radius 1 is 0.516 bits per heavy atom. The topological polar surface area (TPSA) is 214 Å². The number of carbonyl (C=O) groups excluding carboxylic acids is 1. The summed E-state index contributed by atoms with van der Waals surface area (Å²) in [5.74, 6) is -0.384. The first-order valence-corrected chi connectivity index (χ1v) is 24.8. The highest BCUT2D eigenvalue weighted by Crippen LogP contribution is 2.26. The molecule has 0 aromatic carbocycles. The van der Waals surface area contributed by atoms with E-state index >= 15 is 0 Å². The fourth-order valence-corrected chi connectivity index (χ4v) is 7.93. The molecule has 14 heteroatoms. The highest BCUT2D eigenvalue weighted by Gasteiger charge is 2.47. The molecule has 7 N–H and O–H groups in total. The summed E-state index contributed by atoms with van der Waals surface area (Å²) in [5.41, 5.74) is 0. The van der Waals surface area contributed by atoms with Crippen molar-refractivity contribution < 1.29 is 69.0 Å². The molecule has 14 nitrogen and oxygen atoms in total. The Balaban J connectivity index is 1.67. The van der Waals surface area contributed by atoms with Gasteiger partial charge in [-0.2, -0.15) is 0 Å². The van der Waals surface area contributed by atoms with Gasteiger partial charge in [-0.05, 0) is 38.5 Å². The lowest BCUT2D eigenvalue weighted by Crippen LogP contribution is -2.61. The summed E-state index contributed by atoms with van der Waals surface area (Å²) in [6.45, 7) is 3.63. The SMILES string of the molecule is CCCCCCCCCC/C=C\CCCCCCCCCCCCOCC(COC1OC(COC2OC(CO)C(O)C(O)C2O)C(O)C(O)C1O)OC(=O)CCCCCCCC. The molecule has 11 atom stereocenters. The number of hydrogen-bond donors (Lipinski definition) is 7. The average molecular weight is 891 g/mol. The second kappa shape index (κ2) is 36.9. The molecule has 0 bridgehead atoms. The summed E-state index contributed by atoms with van der Waals surface area (Å²) in [6, 6.07) is 0. The van der Waals surface area contributed by atoms with Gasteiger partial charge in [0.25, 0.3) is 0 Å². The van der Waals surface area contributed by atoms with Gasteiger partial charge in [0.2, 0.25) is 0 Å². The highest BCUT2D eigenvalue weighted by atomic mass is 16.7. The van der Waals surface area contributed by atoms with Gasteiger partial charge >= 0.3 is 5.97 Å². The number of unbranched alkanes of at least 4 members (excludes halogenated alkanes) is 23. The minimum absolute atomic E-state index is 0.0644. The van der Waals surface area contributed by atoms with E-state index in [1.165, 1.54) is 116 Å². The van der Waals surface area contributed by atoms with Crippen molar-refractivity contribution in [2.24, 2.45) is 0 Å². The maximum Gasteiger partial charge on any atom is 0.306 e. The maximum atomic E-state index is 12.8. The second-order valence-corrected chi connectivity index (χ2v) is 17.6. The molecule has 0 amide bonds. The van der Waals surface area contributed by atoms with Crippen LogP contribution in [-0.2, 0) is 33.2 Å². The molecule has 62 heavy (non-hydrogen) atoms. The van der Waals surface area contributed by atoms with E-state index < -0.39 is 80.7 Å². The minimum atomic E-state index is -1.70. The molecular formula is C48H90O14. The van der Waals surface area contributed by atoms with Crippen LogP contribution in [0.5, 0.6) is 0 Å². The van der Waals surface area contributed by atoms with Gasteiger partial charge in [0.05, 0.1) is 26.4 Å². The van der Waals surface area contributed by atoms with Crippen LogP contribution in [-0.4, -0.2) is 142 Å². The Morgan fingerprint density at radius 2 is 0.952 bits per heavy atom. The number of hydrogen-bond acceptors (Lipinski definition) is 14. The third kappa shape index (κ3) is 24.9. The number of esters is 1. The predicted molar refractivity (Wildman–Crippen MR) is 238 cm³/mol. The number of allylic oxidation sites excluding steroid dienone is 2. The molecule has 2 heterocycles. The molecule has 366 valence electrons. The fraction of sp³-hybridized carbons (Fsp3) is 0.938. The molecule has 0 radical (unpaired) electrons. The first-order chi connectivity index (χ1) is 30.1. The standard InChI is InChI=1S/C48H90O14/c1-3-5-7-9-11-12-13-14-15-16-17-18-19-20-21-22-23-24-25-26-28-30-32-57-34-37(60-40(50)31-29-27-10-8-6-4-2)35-58-47-46(56)44(54)42(52)39(62-47)36-59-48-45(55)43(53)41(51)38(33-49)61-48/h16-17,37-39,41-49,51-56H,3-15,18-36H2,1-2H3/b17-16-. The molecule has 2 rings (SSSR count). The van der Waals surface area contributed by atoms with Gasteiger partial charge in [-0.15, -0.1) is 0 Å². The van der Waals surface area contributed by atoms with Gasteiger partial charge in [0, 0.05) is 13.0 Å². The number of rotatable bonds is 39. The lowest BCUT2D eigenvalue weighted by Gasteiger charge is -2.42. The summed E-state index contributed by atoms with van der Waals surface area (Å²) in [4.78, 5) is 12.8. The third-order valence-electron chi connectivity index (χ3n) is 12.0. The smallest absolute Gasteiger partial charge is 0.306 e. The van der Waals surface area contributed by atoms with E-state index in [-0.39, 0.29) is 25.6 Å². The van der Waals surface area contributed by atoms with Crippen molar-refractivity contribution in [3.63, 3.8) is 0 Å². The molecular weight excluding hydrogens is 801 g/mol. The van der Waals surface area contributed by atoms with E-state index in [0.717, 1.165) is 44.9 Å². The first kappa shape index (κ1) is 56.9. The monoisotopic (exact) mass is 891 g/mol. The van der Waals surface area contributed by atoms with Crippen LogP contribution in [0.15, 0.2) is 12.2 Å². The maximum absolute atomic E-state index is 12.8. The third-order valence-corrected chi connectivity index (χ3v) is 12.0. The Morgan fingerprint density at radius 3 is 1.47 bits per heavy atom. The van der Waals surface area contributed by atoms with Crippen molar-refractivity contribution in [3.05, 3.63) is 12.2 Å². The van der Waals surface area contributed by atoms with Crippen molar-refractivity contribution in [3.8, 4) is 0 Å². The van der Waals surface area contributed by atoms with E-state index in [0.29, 0.717) is 13.0 Å². The Labute approximate surface area is 374 Å². The molecule has 2 aliphatic rings. The van der Waals surface area contributed by atoms with Crippen molar-refractivity contribution in [2.75, 3.05) is 33.0 Å².